The van der Waals surface area contributed by atoms with Gasteiger partial charge in [-0.25, -0.2) is 0 Å². The standard InChI is InChI=1S/C36H58/c1-16-26(5)27(6)18-24(3)19-28(7)29(8)20-25(4)21-30(9)31(10)22-32(11)34-23-33(17-2)35(12,13)36(34,14)15/h16,18-25,32,34H,17H2,1-15H3. The van der Waals surface area contributed by atoms with Crippen molar-refractivity contribution in [2.45, 2.75) is 110 Å². The van der Waals surface area contributed by atoms with E-state index < -0.39 is 0 Å². The van der Waals surface area contributed by atoms with Gasteiger partial charge in [0.2, 0.25) is 0 Å². The summed E-state index contributed by atoms with van der Waals surface area (Å²) in [6, 6.07) is 0. The number of hydrogen-bond acceptors (Lipinski definition) is 0. The summed E-state index contributed by atoms with van der Waals surface area (Å²) < 4.78 is 0. The minimum Gasteiger partial charge on any atom is -0.0845 e. The number of hydrogen-bond donors (Lipinski definition) is 0. The highest BCUT2D eigenvalue weighted by Crippen LogP contribution is 2.58. The maximum absolute atomic E-state index is 2.59. The predicted octanol–water partition coefficient (Wildman–Crippen LogP) is 11.6. The SMILES string of the molecule is CC=C(C)C(C)=CC(C)C=C(C)C(C)=CC(C)C=C(C)C(C)=CC(C)C1C=C(CC)C(C)(C)C1(C)C. The van der Waals surface area contributed by atoms with E-state index in [9.17, 15) is 0 Å². The van der Waals surface area contributed by atoms with Crippen molar-refractivity contribution >= 4 is 0 Å². The van der Waals surface area contributed by atoms with Gasteiger partial charge in [0, 0.05) is 0 Å². The second-order valence-corrected chi connectivity index (χ2v) is 12.7. The minimum absolute atomic E-state index is 0.257. The quantitative estimate of drug-likeness (QED) is 0.211. The van der Waals surface area contributed by atoms with Crippen molar-refractivity contribution in [3.8, 4) is 0 Å². The number of allylic oxidation sites excluding steroid dienone is 14. The van der Waals surface area contributed by atoms with Crippen LogP contribution in [-0.4, -0.2) is 0 Å². The van der Waals surface area contributed by atoms with Crippen LogP contribution in [0.5, 0.6) is 0 Å². The van der Waals surface area contributed by atoms with Crippen LogP contribution in [-0.2, 0) is 0 Å². The molecule has 0 N–H and O–H groups in total. The van der Waals surface area contributed by atoms with E-state index in [-0.39, 0.29) is 10.8 Å². The molecule has 1 aliphatic carbocycles. The fourth-order valence-electron chi connectivity index (χ4n) is 5.89. The van der Waals surface area contributed by atoms with E-state index in [1.165, 1.54) is 33.4 Å². The van der Waals surface area contributed by atoms with Crippen molar-refractivity contribution in [2.24, 2.45) is 34.5 Å². The van der Waals surface area contributed by atoms with Gasteiger partial charge in [0.25, 0.3) is 0 Å². The van der Waals surface area contributed by atoms with Gasteiger partial charge in [0.1, 0.15) is 0 Å². The predicted molar refractivity (Wildman–Crippen MR) is 165 cm³/mol. The van der Waals surface area contributed by atoms with Gasteiger partial charge in [-0.15, -0.1) is 0 Å². The Bertz CT molecular complexity index is 977. The molecule has 0 heteroatoms. The highest BCUT2D eigenvalue weighted by molar-refractivity contribution is 5.35. The first-order valence-electron chi connectivity index (χ1n) is 14.3. The Labute approximate surface area is 226 Å². The molecule has 0 radical (unpaired) electrons. The topological polar surface area (TPSA) is 0 Å². The highest BCUT2D eigenvalue weighted by Gasteiger charge is 2.49. The van der Waals surface area contributed by atoms with Gasteiger partial charge in [-0.2, -0.15) is 0 Å². The first-order chi connectivity index (χ1) is 16.5. The molecule has 0 heterocycles. The van der Waals surface area contributed by atoms with Gasteiger partial charge in [0.05, 0.1) is 0 Å². The van der Waals surface area contributed by atoms with Crippen molar-refractivity contribution in [3.05, 3.63) is 81.5 Å². The largest absolute Gasteiger partial charge is 0.0845 e. The van der Waals surface area contributed by atoms with Crippen LogP contribution in [0, 0.1) is 34.5 Å². The van der Waals surface area contributed by atoms with Crippen LogP contribution in [0.25, 0.3) is 0 Å². The van der Waals surface area contributed by atoms with Crippen molar-refractivity contribution in [2.75, 3.05) is 0 Å². The van der Waals surface area contributed by atoms with Gasteiger partial charge in [0.15, 0.2) is 0 Å². The molecule has 0 fully saturated rings. The van der Waals surface area contributed by atoms with Gasteiger partial charge < -0.3 is 0 Å². The van der Waals surface area contributed by atoms with Crippen LogP contribution >= 0.6 is 0 Å². The van der Waals surface area contributed by atoms with E-state index in [0.717, 1.165) is 6.42 Å². The molecule has 0 saturated carbocycles. The summed E-state index contributed by atoms with van der Waals surface area (Å²) in [6.45, 7) is 34.6. The maximum atomic E-state index is 2.59. The Morgan fingerprint density at radius 3 is 1.39 bits per heavy atom. The summed E-state index contributed by atoms with van der Waals surface area (Å²) in [5.74, 6) is 1.93. The summed E-state index contributed by atoms with van der Waals surface area (Å²) in [4.78, 5) is 0. The molecule has 1 rings (SSSR count). The summed E-state index contributed by atoms with van der Waals surface area (Å²) in [5.41, 5.74) is 10.4. The summed E-state index contributed by atoms with van der Waals surface area (Å²) in [5, 5.41) is 0. The van der Waals surface area contributed by atoms with E-state index in [1.54, 1.807) is 5.57 Å². The maximum Gasteiger partial charge on any atom is -0.00703 e. The molecule has 0 saturated heterocycles. The summed E-state index contributed by atoms with van der Waals surface area (Å²) in [6.07, 6.45) is 18.0. The van der Waals surface area contributed by atoms with Crippen LogP contribution in [0.15, 0.2) is 81.5 Å². The molecule has 1 aliphatic rings. The molecule has 0 aromatic heterocycles. The summed E-state index contributed by atoms with van der Waals surface area (Å²) >= 11 is 0. The van der Waals surface area contributed by atoms with Crippen molar-refractivity contribution < 1.29 is 0 Å². The zero-order valence-electron chi connectivity index (χ0n) is 26.6. The van der Waals surface area contributed by atoms with Crippen LogP contribution < -0.4 is 0 Å². The molecule has 0 aliphatic heterocycles. The molecule has 4 atom stereocenters. The highest BCUT2D eigenvalue weighted by atomic mass is 14.5. The van der Waals surface area contributed by atoms with Crippen molar-refractivity contribution in [3.63, 3.8) is 0 Å². The van der Waals surface area contributed by atoms with E-state index in [1.807, 2.05) is 0 Å². The lowest BCUT2D eigenvalue weighted by atomic mass is 9.61. The van der Waals surface area contributed by atoms with Crippen LogP contribution in [0.1, 0.15) is 110 Å². The molecular formula is C36H58. The third kappa shape index (κ3) is 7.84. The third-order valence-corrected chi connectivity index (χ3v) is 9.44. The lowest BCUT2D eigenvalue weighted by Crippen LogP contribution is -2.36. The Kier molecular flexibility index (Phi) is 11.7. The number of rotatable bonds is 10. The van der Waals surface area contributed by atoms with E-state index in [4.69, 9.17) is 0 Å². The third-order valence-electron chi connectivity index (χ3n) is 9.44. The monoisotopic (exact) mass is 490 g/mol. The first-order valence-corrected chi connectivity index (χ1v) is 14.3. The average Bonchev–Trinajstić information content (AvgIpc) is 2.96. The second kappa shape index (κ2) is 13.1. The smallest absolute Gasteiger partial charge is 0.00703 e. The molecule has 0 aromatic rings. The van der Waals surface area contributed by atoms with Crippen LogP contribution in [0.3, 0.4) is 0 Å². The van der Waals surface area contributed by atoms with Crippen molar-refractivity contribution in [1.82, 2.24) is 0 Å². The van der Waals surface area contributed by atoms with Gasteiger partial charge in [-0.1, -0.05) is 137 Å². The average molecular weight is 491 g/mol. The Balaban J connectivity index is 3.03. The summed E-state index contributed by atoms with van der Waals surface area (Å²) in [7, 11) is 0. The van der Waals surface area contributed by atoms with Crippen molar-refractivity contribution in [1.29, 1.82) is 0 Å². The van der Waals surface area contributed by atoms with Crippen LogP contribution in [0.2, 0.25) is 0 Å². The van der Waals surface area contributed by atoms with Crippen LogP contribution in [0.4, 0.5) is 0 Å². The first kappa shape index (κ1) is 32.2. The van der Waals surface area contributed by atoms with E-state index in [2.05, 4.69) is 146 Å². The molecule has 0 nitrogen and oxygen atoms in total. The zero-order chi connectivity index (χ0) is 28.0. The Hall–Kier alpha value is -1.82. The molecule has 0 amide bonds. The van der Waals surface area contributed by atoms with Gasteiger partial charge in [-0.3, -0.25) is 0 Å². The second-order valence-electron chi connectivity index (χ2n) is 12.7. The molecule has 36 heavy (non-hydrogen) atoms. The zero-order valence-corrected chi connectivity index (χ0v) is 26.6. The molecule has 202 valence electrons. The normalized spacial score (nSPS) is 24.5. The Morgan fingerprint density at radius 1 is 0.694 bits per heavy atom. The minimum atomic E-state index is 0.257. The molecule has 0 spiro atoms. The molecule has 0 aromatic carbocycles. The Morgan fingerprint density at radius 2 is 1.06 bits per heavy atom. The fourth-order valence-corrected chi connectivity index (χ4v) is 5.89. The molecule has 0 bridgehead atoms. The lowest BCUT2D eigenvalue weighted by Gasteiger charge is -2.43. The van der Waals surface area contributed by atoms with Gasteiger partial charge >= 0.3 is 0 Å². The fraction of sp³-hybridized carbons (Fsp3) is 0.611. The van der Waals surface area contributed by atoms with E-state index >= 15 is 0 Å². The van der Waals surface area contributed by atoms with Gasteiger partial charge in [-0.05, 0) is 89.4 Å². The molecular weight excluding hydrogens is 432 g/mol. The molecule has 4 unspecified atom stereocenters. The van der Waals surface area contributed by atoms with E-state index in [0.29, 0.717) is 23.7 Å². The lowest BCUT2D eigenvalue weighted by molar-refractivity contribution is 0.101.